The van der Waals surface area contributed by atoms with E-state index in [1.807, 2.05) is 27.7 Å². The van der Waals surface area contributed by atoms with Gasteiger partial charge < -0.3 is 14.6 Å². The predicted molar refractivity (Wildman–Crippen MR) is 68.5 cm³/mol. The van der Waals surface area contributed by atoms with Gasteiger partial charge in [-0.25, -0.2) is 4.98 Å². The predicted octanol–water partition coefficient (Wildman–Crippen LogP) is 1.45. The molecule has 1 aromatic rings. The van der Waals surface area contributed by atoms with Gasteiger partial charge in [-0.2, -0.15) is 0 Å². The summed E-state index contributed by atoms with van der Waals surface area (Å²) >= 11 is 0. The number of rotatable bonds is 4. The molecule has 0 aliphatic carbocycles. The Kier molecular flexibility index (Phi) is 4.28. The maximum Gasteiger partial charge on any atom is 0.293 e. The summed E-state index contributed by atoms with van der Waals surface area (Å²) in [7, 11) is 1.63. The first kappa shape index (κ1) is 13.7. The second-order valence-corrected chi connectivity index (χ2v) is 5.12. The van der Waals surface area contributed by atoms with Crippen molar-refractivity contribution < 1.29 is 4.74 Å². The van der Waals surface area contributed by atoms with Gasteiger partial charge in [0.2, 0.25) is 0 Å². The minimum absolute atomic E-state index is 0.0519. The average molecular weight is 239 g/mol. The summed E-state index contributed by atoms with van der Waals surface area (Å²) in [5, 5.41) is 3.05. The van der Waals surface area contributed by atoms with Crippen molar-refractivity contribution in [1.29, 1.82) is 0 Å². The summed E-state index contributed by atoms with van der Waals surface area (Å²) in [5.74, 6) is 0.368. The molecule has 0 amide bonds. The maximum atomic E-state index is 12.2. The molecule has 96 valence electrons. The second-order valence-electron chi connectivity index (χ2n) is 5.12. The van der Waals surface area contributed by atoms with Crippen LogP contribution in [0.25, 0.3) is 0 Å². The zero-order valence-electron chi connectivity index (χ0n) is 11.2. The lowest BCUT2D eigenvalue weighted by atomic mass is 10.1. The largest absolute Gasteiger partial charge is 0.383 e. The minimum atomic E-state index is -0.249. The van der Waals surface area contributed by atoms with Crippen molar-refractivity contribution in [2.24, 2.45) is 0 Å². The Morgan fingerprint density at radius 3 is 2.71 bits per heavy atom. The fraction of sp³-hybridized carbons (Fsp3) is 0.667. The van der Waals surface area contributed by atoms with Crippen LogP contribution in [0.2, 0.25) is 0 Å². The lowest BCUT2D eigenvalue weighted by Crippen LogP contribution is -2.36. The monoisotopic (exact) mass is 239 g/mol. The van der Waals surface area contributed by atoms with Crippen molar-refractivity contribution in [2.75, 3.05) is 19.0 Å². The first-order valence-electron chi connectivity index (χ1n) is 5.70. The van der Waals surface area contributed by atoms with Crippen molar-refractivity contribution in [3.05, 3.63) is 22.7 Å². The zero-order chi connectivity index (χ0) is 13.1. The fourth-order valence-corrected chi connectivity index (χ4v) is 1.56. The second kappa shape index (κ2) is 5.31. The molecule has 1 aromatic heterocycles. The van der Waals surface area contributed by atoms with Gasteiger partial charge in [-0.1, -0.05) is 0 Å². The summed E-state index contributed by atoms with van der Waals surface area (Å²) in [4.78, 5) is 16.2. The Hall–Kier alpha value is -1.36. The molecule has 0 fully saturated rings. The molecule has 5 heteroatoms. The summed E-state index contributed by atoms with van der Waals surface area (Å²) in [5.41, 5.74) is -0.357. The van der Waals surface area contributed by atoms with Crippen LogP contribution >= 0.6 is 0 Å². The topological polar surface area (TPSA) is 56.1 Å². The third-order valence-corrected chi connectivity index (χ3v) is 2.36. The van der Waals surface area contributed by atoms with E-state index in [9.17, 15) is 4.79 Å². The molecule has 1 unspecified atom stereocenters. The first-order chi connectivity index (χ1) is 7.86. The Morgan fingerprint density at radius 2 is 2.18 bits per heavy atom. The third-order valence-electron chi connectivity index (χ3n) is 2.36. The smallest absolute Gasteiger partial charge is 0.293 e. The van der Waals surface area contributed by atoms with Crippen molar-refractivity contribution in [3.8, 4) is 0 Å². The lowest BCUT2D eigenvalue weighted by molar-refractivity contribution is 0.190. The van der Waals surface area contributed by atoms with Crippen LogP contribution in [0, 0.1) is 0 Å². The van der Waals surface area contributed by atoms with Gasteiger partial charge in [0, 0.05) is 31.1 Å². The van der Waals surface area contributed by atoms with Crippen molar-refractivity contribution >= 4 is 5.82 Å². The summed E-state index contributed by atoms with van der Waals surface area (Å²) in [6.07, 6.45) is 3.34. The highest BCUT2D eigenvalue weighted by molar-refractivity contribution is 5.32. The molecule has 0 spiro atoms. The molecule has 5 nitrogen and oxygen atoms in total. The van der Waals surface area contributed by atoms with Crippen molar-refractivity contribution in [2.45, 2.75) is 39.3 Å². The molecular formula is C12H21N3O2. The molecule has 0 radical (unpaired) electrons. The van der Waals surface area contributed by atoms with Crippen LogP contribution in [0.1, 0.15) is 27.7 Å². The number of nitrogens with one attached hydrogen (secondary N) is 1. The Balaban J connectivity index is 3.00. The molecule has 0 aromatic carbocycles. The molecule has 0 saturated heterocycles. The van der Waals surface area contributed by atoms with Gasteiger partial charge in [-0.15, -0.1) is 0 Å². The number of hydrogen-bond acceptors (Lipinski definition) is 4. The minimum Gasteiger partial charge on any atom is -0.383 e. The zero-order valence-corrected chi connectivity index (χ0v) is 11.2. The van der Waals surface area contributed by atoms with Gasteiger partial charge in [0.25, 0.3) is 5.56 Å². The fourth-order valence-electron chi connectivity index (χ4n) is 1.56. The van der Waals surface area contributed by atoms with Crippen LogP contribution in [-0.4, -0.2) is 29.3 Å². The third kappa shape index (κ3) is 3.56. The van der Waals surface area contributed by atoms with E-state index in [0.29, 0.717) is 12.4 Å². The molecule has 1 rings (SSSR count). The summed E-state index contributed by atoms with van der Waals surface area (Å²) < 4.78 is 6.68. The van der Waals surface area contributed by atoms with E-state index in [0.717, 1.165) is 0 Å². The van der Waals surface area contributed by atoms with Gasteiger partial charge in [0.05, 0.1) is 6.61 Å². The molecule has 1 heterocycles. The summed E-state index contributed by atoms with van der Waals surface area (Å²) in [6, 6.07) is 0.0519. The van der Waals surface area contributed by atoms with E-state index in [1.165, 1.54) is 0 Å². The number of ether oxygens (including phenoxy) is 1. The Labute approximate surface area is 102 Å². The highest BCUT2D eigenvalue weighted by atomic mass is 16.5. The average Bonchev–Trinajstić information content (AvgIpc) is 2.19. The standard InChI is InChI=1S/C12H21N3O2/c1-9(8-17-5)14-10-11(16)15(7-6-13-10)12(2,3)4/h6-7,9H,8H2,1-5H3,(H,13,14). The number of nitrogens with zero attached hydrogens (tertiary/aromatic N) is 2. The molecule has 0 bridgehead atoms. The molecule has 0 aliphatic rings. The van der Waals surface area contributed by atoms with E-state index in [1.54, 1.807) is 24.1 Å². The van der Waals surface area contributed by atoms with Crippen LogP contribution < -0.4 is 10.9 Å². The number of hydrogen-bond donors (Lipinski definition) is 1. The van der Waals surface area contributed by atoms with Gasteiger partial charge in [-0.3, -0.25) is 4.79 Å². The van der Waals surface area contributed by atoms with Gasteiger partial charge in [0.1, 0.15) is 0 Å². The molecule has 17 heavy (non-hydrogen) atoms. The highest BCUT2D eigenvalue weighted by Crippen LogP contribution is 2.10. The van der Waals surface area contributed by atoms with Crippen LogP contribution in [0.5, 0.6) is 0 Å². The van der Waals surface area contributed by atoms with Gasteiger partial charge in [0.15, 0.2) is 5.82 Å². The normalized spacial score (nSPS) is 13.5. The van der Waals surface area contributed by atoms with Crippen LogP contribution in [0.4, 0.5) is 5.82 Å². The number of methoxy groups -OCH3 is 1. The number of anilines is 1. The van der Waals surface area contributed by atoms with Crippen molar-refractivity contribution in [1.82, 2.24) is 9.55 Å². The van der Waals surface area contributed by atoms with E-state index < -0.39 is 0 Å². The van der Waals surface area contributed by atoms with Crippen LogP contribution in [-0.2, 0) is 10.3 Å². The maximum absolute atomic E-state index is 12.2. The van der Waals surface area contributed by atoms with E-state index >= 15 is 0 Å². The van der Waals surface area contributed by atoms with E-state index in [4.69, 9.17) is 4.74 Å². The summed E-state index contributed by atoms with van der Waals surface area (Å²) in [6.45, 7) is 8.43. The van der Waals surface area contributed by atoms with Crippen LogP contribution in [0.15, 0.2) is 17.2 Å². The van der Waals surface area contributed by atoms with E-state index in [-0.39, 0.29) is 17.1 Å². The molecule has 1 N–H and O–H groups in total. The Morgan fingerprint density at radius 1 is 1.53 bits per heavy atom. The number of aromatic nitrogens is 2. The lowest BCUT2D eigenvalue weighted by Gasteiger charge is -2.23. The molecule has 1 atom stereocenters. The van der Waals surface area contributed by atoms with Crippen molar-refractivity contribution in [3.63, 3.8) is 0 Å². The highest BCUT2D eigenvalue weighted by Gasteiger charge is 2.17. The molecule has 0 saturated carbocycles. The SMILES string of the molecule is COCC(C)Nc1nccn(C(C)(C)C)c1=O. The van der Waals surface area contributed by atoms with E-state index in [2.05, 4.69) is 10.3 Å². The molecular weight excluding hydrogens is 218 g/mol. The molecule has 0 aliphatic heterocycles. The first-order valence-corrected chi connectivity index (χ1v) is 5.70. The quantitative estimate of drug-likeness (QED) is 0.864. The van der Waals surface area contributed by atoms with Gasteiger partial charge >= 0.3 is 0 Å². The van der Waals surface area contributed by atoms with Gasteiger partial charge in [-0.05, 0) is 27.7 Å². The Bertz CT molecular complexity index is 420. The van der Waals surface area contributed by atoms with Crippen LogP contribution in [0.3, 0.4) is 0 Å².